The summed E-state index contributed by atoms with van der Waals surface area (Å²) in [5.41, 5.74) is 0. The van der Waals surface area contributed by atoms with Gasteiger partial charge in [-0.25, -0.2) is 0 Å². The molecule has 3 heteroatoms. The first-order valence-electron chi connectivity index (χ1n) is 6.02. The highest BCUT2D eigenvalue weighted by molar-refractivity contribution is 4.75. The average Bonchev–Trinajstić information content (AvgIpc) is 2.18. The van der Waals surface area contributed by atoms with Gasteiger partial charge in [-0.05, 0) is 37.8 Å². The molecule has 1 aliphatic rings. The van der Waals surface area contributed by atoms with Crippen molar-refractivity contribution in [3.05, 3.63) is 0 Å². The highest BCUT2D eigenvalue weighted by atomic mass is 16.5. The number of nitrogens with zero attached hydrogens (tertiary/aromatic N) is 1. The van der Waals surface area contributed by atoms with E-state index in [9.17, 15) is 5.11 Å². The third-order valence-corrected chi connectivity index (χ3v) is 3.40. The van der Waals surface area contributed by atoms with Crippen LogP contribution in [0.5, 0.6) is 0 Å². The lowest BCUT2D eigenvalue weighted by molar-refractivity contribution is 0.0269. The minimum absolute atomic E-state index is 0.328. The molecule has 0 saturated carbocycles. The van der Waals surface area contributed by atoms with Crippen LogP contribution in [0.25, 0.3) is 0 Å². The third-order valence-electron chi connectivity index (χ3n) is 3.40. The second-order valence-corrected chi connectivity index (χ2v) is 4.99. The van der Waals surface area contributed by atoms with Gasteiger partial charge in [0.05, 0.1) is 12.7 Å². The molecule has 90 valence electrons. The minimum atomic E-state index is -0.328. The van der Waals surface area contributed by atoms with Crippen LogP contribution in [0.3, 0.4) is 0 Å². The molecular formula is C12H25NO2. The molecule has 0 amide bonds. The topological polar surface area (TPSA) is 32.7 Å². The molecule has 0 radical (unpaired) electrons. The first-order chi connectivity index (χ1) is 7.13. The molecule has 0 aromatic rings. The van der Waals surface area contributed by atoms with E-state index in [4.69, 9.17) is 4.74 Å². The molecule has 0 aromatic heterocycles. The number of rotatable bonds is 5. The van der Waals surface area contributed by atoms with Gasteiger partial charge in [0.1, 0.15) is 0 Å². The number of hydrogen-bond acceptors (Lipinski definition) is 3. The Bertz CT molecular complexity index is 165. The standard InChI is InChI=1S/C12H25NO2/c1-10(2)11-4-6-13(7-5-11)8-12(14)9-15-3/h10-12,14H,4-9H2,1-3H3. The molecule has 3 nitrogen and oxygen atoms in total. The smallest absolute Gasteiger partial charge is 0.0900 e. The van der Waals surface area contributed by atoms with E-state index in [1.54, 1.807) is 7.11 Å². The van der Waals surface area contributed by atoms with Crippen LogP contribution in [-0.4, -0.2) is 49.5 Å². The minimum Gasteiger partial charge on any atom is -0.389 e. The largest absolute Gasteiger partial charge is 0.389 e. The molecule has 0 bridgehead atoms. The molecule has 15 heavy (non-hydrogen) atoms. The Morgan fingerprint density at radius 1 is 1.33 bits per heavy atom. The summed E-state index contributed by atoms with van der Waals surface area (Å²) in [6.45, 7) is 8.08. The maximum Gasteiger partial charge on any atom is 0.0900 e. The van der Waals surface area contributed by atoms with Crippen molar-refractivity contribution < 1.29 is 9.84 Å². The SMILES string of the molecule is COCC(O)CN1CCC(C(C)C)CC1. The zero-order valence-electron chi connectivity index (χ0n) is 10.3. The molecule has 1 N–H and O–H groups in total. The van der Waals surface area contributed by atoms with Crippen molar-refractivity contribution in [2.45, 2.75) is 32.8 Å². The van der Waals surface area contributed by atoms with E-state index in [1.807, 2.05) is 0 Å². The summed E-state index contributed by atoms with van der Waals surface area (Å²) in [4.78, 5) is 2.35. The summed E-state index contributed by atoms with van der Waals surface area (Å²) in [6.07, 6.45) is 2.22. The maximum absolute atomic E-state index is 9.61. The van der Waals surface area contributed by atoms with Crippen LogP contribution in [0.4, 0.5) is 0 Å². The highest BCUT2D eigenvalue weighted by Gasteiger charge is 2.22. The van der Waals surface area contributed by atoms with E-state index in [1.165, 1.54) is 12.8 Å². The van der Waals surface area contributed by atoms with Gasteiger partial charge in [-0.2, -0.15) is 0 Å². The Morgan fingerprint density at radius 3 is 2.40 bits per heavy atom. The number of β-amino-alcohol motifs (C(OH)–C–C–N with tert-alkyl or cyclic N) is 1. The maximum atomic E-state index is 9.61. The zero-order valence-corrected chi connectivity index (χ0v) is 10.3. The molecule has 1 saturated heterocycles. The van der Waals surface area contributed by atoms with Crippen molar-refractivity contribution >= 4 is 0 Å². The van der Waals surface area contributed by atoms with Gasteiger partial charge in [-0.15, -0.1) is 0 Å². The number of likely N-dealkylation sites (tertiary alicyclic amines) is 1. The predicted molar refractivity (Wildman–Crippen MR) is 61.9 cm³/mol. The molecule has 0 aromatic carbocycles. The van der Waals surface area contributed by atoms with Crippen LogP contribution in [0, 0.1) is 11.8 Å². The number of ether oxygens (including phenoxy) is 1. The lowest BCUT2D eigenvalue weighted by Crippen LogP contribution is -2.40. The summed E-state index contributed by atoms with van der Waals surface area (Å²) in [5, 5.41) is 9.61. The Balaban J connectivity index is 2.19. The predicted octanol–water partition coefficient (Wildman–Crippen LogP) is 1.36. The van der Waals surface area contributed by atoms with Crippen molar-refractivity contribution in [3.63, 3.8) is 0 Å². The van der Waals surface area contributed by atoms with Crippen molar-refractivity contribution in [2.75, 3.05) is 33.4 Å². The quantitative estimate of drug-likeness (QED) is 0.751. The molecule has 1 fully saturated rings. The Morgan fingerprint density at radius 2 is 1.93 bits per heavy atom. The summed E-state index contributed by atoms with van der Waals surface area (Å²) >= 11 is 0. The second kappa shape index (κ2) is 6.46. The van der Waals surface area contributed by atoms with Crippen LogP contribution < -0.4 is 0 Å². The van der Waals surface area contributed by atoms with Crippen LogP contribution in [0.2, 0.25) is 0 Å². The fourth-order valence-corrected chi connectivity index (χ4v) is 2.35. The fourth-order valence-electron chi connectivity index (χ4n) is 2.35. The number of methoxy groups -OCH3 is 1. The van der Waals surface area contributed by atoms with E-state index in [2.05, 4.69) is 18.7 Å². The van der Waals surface area contributed by atoms with Crippen LogP contribution in [0.1, 0.15) is 26.7 Å². The second-order valence-electron chi connectivity index (χ2n) is 4.99. The van der Waals surface area contributed by atoms with E-state index >= 15 is 0 Å². The Kier molecular flexibility index (Phi) is 5.58. The average molecular weight is 215 g/mol. The number of piperidine rings is 1. The summed E-state index contributed by atoms with van der Waals surface area (Å²) in [6, 6.07) is 0. The Hall–Kier alpha value is -0.120. The number of aliphatic hydroxyl groups excluding tert-OH is 1. The summed E-state index contributed by atoms with van der Waals surface area (Å²) < 4.78 is 4.93. The summed E-state index contributed by atoms with van der Waals surface area (Å²) in [7, 11) is 1.63. The zero-order chi connectivity index (χ0) is 11.3. The first-order valence-corrected chi connectivity index (χ1v) is 6.02. The molecule has 0 spiro atoms. The van der Waals surface area contributed by atoms with E-state index in [-0.39, 0.29) is 6.10 Å². The number of hydrogen-bond donors (Lipinski definition) is 1. The molecule has 1 rings (SSSR count). The van der Waals surface area contributed by atoms with E-state index < -0.39 is 0 Å². The van der Waals surface area contributed by atoms with Gasteiger partial charge < -0.3 is 14.7 Å². The molecular weight excluding hydrogens is 190 g/mol. The lowest BCUT2D eigenvalue weighted by Gasteiger charge is -2.34. The van der Waals surface area contributed by atoms with Crippen LogP contribution >= 0.6 is 0 Å². The van der Waals surface area contributed by atoms with Gasteiger partial charge in [0.2, 0.25) is 0 Å². The van der Waals surface area contributed by atoms with Crippen molar-refractivity contribution in [1.82, 2.24) is 4.90 Å². The molecule has 1 unspecified atom stereocenters. The van der Waals surface area contributed by atoms with Gasteiger partial charge in [0.25, 0.3) is 0 Å². The van der Waals surface area contributed by atoms with Crippen LogP contribution in [0.15, 0.2) is 0 Å². The third kappa shape index (κ3) is 4.49. The monoisotopic (exact) mass is 215 g/mol. The fraction of sp³-hybridized carbons (Fsp3) is 1.00. The Labute approximate surface area is 93.4 Å². The van der Waals surface area contributed by atoms with Gasteiger partial charge >= 0.3 is 0 Å². The number of aliphatic hydroxyl groups is 1. The first kappa shape index (κ1) is 12.9. The van der Waals surface area contributed by atoms with Gasteiger partial charge in [-0.1, -0.05) is 13.8 Å². The normalized spacial score (nSPS) is 22.2. The molecule has 1 atom stereocenters. The van der Waals surface area contributed by atoms with Gasteiger partial charge in [0.15, 0.2) is 0 Å². The van der Waals surface area contributed by atoms with Crippen molar-refractivity contribution in [3.8, 4) is 0 Å². The lowest BCUT2D eigenvalue weighted by atomic mass is 9.87. The van der Waals surface area contributed by atoms with Crippen LogP contribution in [-0.2, 0) is 4.74 Å². The van der Waals surface area contributed by atoms with E-state index in [0.717, 1.165) is 31.5 Å². The summed E-state index contributed by atoms with van der Waals surface area (Å²) in [5.74, 6) is 1.68. The molecule has 1 heterocycles. The van der Waals surface area contributed by atoms with Crippen molar-refractivity contribution in [1.29, 1.82) is 0 Å². The highest BCUT2D eigenvalue weighted by Crippen LogP contribution is 2.24. The van der Waals surface area contributed by atoms with Gasteiger partial charge in [-0.3, -0.25) is 0 Å². The molecule has 0 aliphatic carbocycles. The van der Waals surface area contributed by atoms with Crippen molar-refractivity contribution in [2.24, 2.45) is 11.8 Å². The molecule has 1 aliphatic heterocycles. The van der Waals surface area contributed by atoms with Gasteiger partial charge in [0, 0.05) is 13.7 Å². The van der Waals surface area contributed by atoms with E-state index in [0.29, 0.717) is 6.61 Å².